The van der Waals surface area contributed by atoms with Crippen LogP contribution >= 0.6 is 11.6 Å². The molecule has 1 aromatic heterocycles. The zero-order chi connectivity index (χ0) is 10.7. The maximum atomic E-state index is 5.64. The lowest BCUT2D eigenvalue weighted by molar-refractivity contribution is 1.04. The van der Waals surface area contributed by atoms with E-state index in [4.69, 9.17) is 17.3 Å². The van der Waals surface area contributed by atoms with E-state index in [0.717, 1.165) is 5.69 Å². The molecule has 0 aliphatic heterocycles. The first-order valence-electron chi connectivity index (χ1n) is 4.36. The Balaban J connectivity index is 2.18. The largest absolute Gasteiger partial charge is 0.399 e. The molecule has 2 aromatic rings. The Morgan fingerprint density at radius 3 is 2.67 bits per heavy atom. The molecule has 1 aromatic carbocycles. The molecule has 0 unspecified atom stereocenters. The van der Waals surface area contributed by atoms with Crippen molar-refractivity contribution in [3.8, 4) is 0 Å². The number of rotatable bonds is 2. The molecule has 3 N–H and O–H groups in total. The van der Waals surface area contributed by atoms with Gasteiger partial charge >= 0.3 is 0 Å². The normalized spacial score (nSPS) is 9.93. The van der Waals surface area contributed by atoms with Crippen LogP contribution in [-0.2, 0) is 0 Å². The van der Waals surface area contributed by atoms with Gasteiger partial charge < -0.3 is 11.1 Å². The van der Waals surface area contributed by atoms with Gasteiger partial charge in [-0.25, -0.2) is 0 Å². The Kier molecular flexibility index (Phi) is 2.69. The summed E-state index contributed by atoms with van der Waals surface area (Å²) in [7, 11) is 0. The highest BCUT2D eigenvalue weighted by Gasteiger charge is 1.97. The molecule has 0 aliphatic rings. The Labute approximate surface area is 92.1 Å². The minimum Gasteiger partial charge on any atom is -0.399 e. The molecule has 4 nitrogen and oxygen atoms in total. The minimum absolute atomic E-state index is 0.369. The van der Waals surface area contributed by atoms with Crippen LogP contribution in [0.4, 0.5) is 17.2 Å². The van der Waals surface area contributed by atoms with Crippen molar-refractivity contribution in [1.29, 1.82) is 0 Å². The van der Waals surface area contributed by atoms with E-state index >= 15 is 0 Å². The summed E-state index contributed by atoms with van der Waals surface area (Å²) >= 11 is 5.62. The Hall–Kier alpha value is -1.81. The topological polar surface area (TPSA) is 63.8 Å². The fraction of sp³-hybridized carbons (Fsp3) is 0. The third-order valence-corrected chi connectivity index (χ3v) is 1.99. The number of benzene rings is 1. The molecule has 15 heavy (non-hydrogen) atoms. The van der Waals surface area contributed by atoms with Crippen molar-refractivity contribution in [2.75, 3.05) is 11.1 Å². The second-order valence-corrected chi connectivity index (χ2v) is 3.38. The van der Waals surface area contributed by atoms with E-state index in [9.17, 15) is 0 Å². The van der Waals surface area contributed by atoms with Crippen LogP contribution in [0.3, 0.4) is 0 Å². The number of nitrogens with two attached hydrogens (primary N) is 1. The zero-order valence-electron chi connectivity index (χ0n) is 7.81. The van der Waals surface area contributed by atoms with Crippen LogP contribution in [0.1, 0.15) is 0 Å². The first kappa shape index (κ1) is 9.73. The fourth-order valence-electron chi connectivity index (χ4n) is 1.15. The number of hydrogen-bond acceptors (Lipinski definition) is 4. The van der Waals surface area contributed by atoms with Gasteiger partial charge in [-0.05, 0) is 30.3 Å². The highest BCUT2D eigenvalue weighted by Crippen LogP contribution is 2.16. The van der Waals surface area contributed by atoms with Crippen molar-refractivity contribution in [1.82, 2.24) is 10.2 Å². The van der Waals surface area contributed by atoms with Crippen molar-refractivity contribution in [2.24, 2.45) is 0 Å². The van der Waals surface area contributed by atoms with Gasteiger partial charge in [0.05, 0.1) is 0 Å². The fourth-order valence-corrected chi connectivity index (χ4v) is 1.25. The van der Waals surface area contributed by atoms with Crippen LogP contribution in [0.5, 0.6) is 0 Å². The van der Waals surface area contributed by atoms with Crippen LogP contribution < -0.4 is 11.1 Å². The summed E-state index contributed by atoms with van der Waals surface area (Å²) in [6, 6.07) is 10.8. The van der Waals surface area contributed by atoms with Gasteiger partial charge in [-0.15, -0.1) is 10.2 Å². The quantitative estimate of drug-likeness (QED) is 0.764. The highest BCUT2D eigenvalue weighted by atomic mass is 35.5. The maximum Gasteiger partial charge on any atom is 0.153 e. The molecule has 0 radical (unpaired) electrons. The maximum absolute atomic E-state index is 5.64. The number of hydrogen-bond donors (Lipinski definition) is 2. The molecule has 0 saturated heterocycles. The molecule has 0 amide bonds. The third-order valence-electron chi connectivity index (χ3n) is 1.79. The molecule has 2 rings (SSSR count). The second kappa shape index (κ2) is 4.14. The van der Waals surface area contributed by atoms with Crippen molar-refractivity contribution in [3.05, 3.63) is 41.6 Å². The monoisotopic (exact) mass is 220 g/mol. The van der Waals surface area contributed by atoms with Gasteiger partial charge in [0.1, 0.15) is 0 Å². The van der Waals surface area contributed by atoms with E-state index in [1.165, 1.54) is 0 Å². The molecule has 0 spiro atoms. The van der Waals surface area contributed by atoms with E-state index in [1.54, 1.807) is 12.1 Å². The smallest absolute Gasteiger partial charge is 0.153 e. The molecular weight excluding hydrogens is 212 g/mol. The molecule has 76 valence electrons. The third kappa shape index (κ3) is 2.57. The lowest BCUT2D eigenvalue weighted by Gasteiger charge is -2.04. The lowest BCUT2D eigenvalue weighted by Crippen LogP contribution is -1.95. The predicted octanol–water partition coefficient (Wildman–Crippen LogP) is 2.46. The number of halogens is 1. The van der Waals surface area contributed by atoms with Crippen molar-refractivity contribution < 1.29 is 0 Å². The number of nitrogen functional groups attached to an aromatic ring is 1. The van der Waals surface area contributed by atoms with Gasteiger partial charge in [0.15, 0.2) is 11.0 Å². The van der Waals surface area contributed by atoms with Crippen molar-refractivity contribution in [2.45, 2.75) is 0 Å². The van der Waals surface area contributed by atoms with Gasteiger partial charge in [0.25, 0.3) is 0 Å². The van der Waals surface area contributed by atoms with Gasteiger partial charge in [-0.3, -0.25) is 0 Å². The summed E-state index contributed by atoms with van der Waals surface area (Å²) in [4.78, 5) is 0. The summed E-state index contributed by atoms with van der Waals surface area (Å²) in [6.07, 6.45) is 0. The van der Waals surface area contributed by atoms with Gasteiger partial charge in [0, 0.05) is 11.4 Å². The summed E-state index contributed by atoms with van der Waals surface area (Å²) in [5, 5.41) is 11.0. The van der Waals surface area contributed by atoms with Crippen molar-refractivity contribution in [3.63, 3.8) is 0 Å². The standard InChI is InChI=1S/C10H9ClN4/c11-9-4-5-10(15-14-9)13-8-3-1-2-7(12)6-8/h1-6H,12H2,(H,13,15). The van der Waals surface area contributed by atoms with Crippen molar-refractivity contribution >= 4 is 28.8 Å². The van der Waals surface area contributed by atoms with E-state index in [1.807, 2.05) is 24.3 Å². The molecule has 0 saturated carbocycles. The summed E-state index contributed by atoms with van der Waals surface area (Å²) in [6.45, 7) is 0. The lowest BCUT2D eigenvalue weighted by atomic mass is 10.3. The van der Waals surface area contributed by atoms with E-state index in [0.29, 0.717) is 16.7 Å². The average molecular weight is 221 g/mol. The Morgan fingerprint density at radius 2 is 2.00 bits per heavy atom. The molecule has 0 atom stereocenters. The van der Waals surface area contributed by atoms with Crippen LogP contribution in [0, 0.1) is 0 Å². The van der Waals surface area contributed by atoms with Gasteiger partial charge in [-0.1, -0.05) is 17.7 Å². The Morgan fingerprint density at radius 1 is 1.13 bits per heavy atom. The van der Waals surface area contributed by atoms with Gasteiger partial charge in [-0.2, -0.15) is 0 Å². The Bertz CT molecular complexity index is 455. The molecular formula is C10H9ClN4. The molecule has 0 aliphatic carbocycles. The van der Waals surface area contributed by atoms with Crippen LogP contribution in [0.15, 0.2) is 36.4 Å². The summed E-state index contributed by atoms with van der Waals surface area (Å²) in [5.74, 6) is 0.630. The zero-order valence-corrected chi connectivity index (χ0v) is 8.57. The molecule has 5 heteroatoms. The van der Waals surface area contributed by atoms with Crippen LogP contribution in [0.2, 0.25) is 5.15 Å². The summed E-state index contributed by atoms with van der Waals surface area (Å²) in [5.41, 5.74) is 7.20. The van der Waals surface area contributed by atoms with Crippen LogP contribution in [0.25, 0.3) is 0 Å². The number of aromatic nitrogens is 2. The average Bonchev–Trinajstić information content (AvgIpc) is 2.22. The SMILES string of the molecule is Nc1cccc(Nc2ccc(Cl)nn2)c1. The molecule has 1 heterocycles. The second-order valence-electron chi connectivity index (χ2n) is 2.99. The minimum atomic E-state index is 0.369. The first-order valence-corrected chi connectivity index (χ1v) is 4.73. The number of anilines is 3. The number of nitrogens with zero attached hydrogens (tertiary/aromatic N) is 2. The predicted molar refractivity (Wildman–Crippen MR) is 61.2 cm³/mol. The van der Waals surface area contributed by atoms with E-state index < -0.39 is 0 Å². The highest BCUT2D eigenvalue weighted by molar-refractivity contribution is 6.29. The van der Waals surface area contributed by atoms with E-state index in [-0.39, 0.29) is 0 Å². The molecule has 0 fully saturated rings. The first-order chi connectivity index (χ1) is 7.24. The molecule has 0 bridgehead atoms. The van der Waals surface area contributed by atoms with Gasteiger partial charge in [0.2, 0.25) is 0 Å². The van der Waals surface area contributed by atoms with Crippen LogP contribution in [-0.4, -0.2) is 10.2 Å². The number of nitrogens with one attached hydrogen (secondary N) is 1. The summed E-state index contributed by atoms with van der Waals surface area (Å²) < 4.78 is 0. The van der Waals surface area contributed by atoms with E-state index in [2.05, 4.69) is 15.5 Å².